The third-order valence-corrected chi connectivity index (χ3v) is 2.20. The highest BCUT2D eigenvalue weighted by Gasteiger charge is 2.27. The third-order valence-electron chi connectivity index (χ3n) is 1.47. The van der Waals surface area contributed by atoms with Crippen LogP contribution in [0.25, 0.3) is 0 Å². The van der Waals surface area contributed by atoms with Crippen molar-refractivity contribution in [2.45, 2.75) is 18.9 Å². The molecule has 0 radical (unpaired) electrons. The molecule has 90 valence electrons. The minimum Gasteiger partial charge on any atom is -0.355 e. The topological polar surface area (TPSA) is 41.1 Å². The standard InChI is InChI=1S/C8H15F3N2OS/c1-2-12-4-3-7(14)13-5-6-15-8(9,10)11/h12H,2-6H2,1H3,(H,13,14). The highest BCUT2D eigenvalue weighted by Crippen LogP contribution is 2.29. The zero-order valence-corrected chi connectivity index (χ0v) is 9.30. The number of rotatable bonds is 7. The predicted octanol–water partition coefficient (Wildman–Crippen LogP) is 1.36. The van der Waals surface area contributed by atoms with Gasteiger partial charge in [-0.1, -0.05) is 6.92 Å². The van der Waals surface area contributed by atoms with E-state index in [0.29, 0.717) is 13.0 Å². The second-order valence-corrected chi connectivity index (χ2v) is 3.91. The average molecular weight is 244 g/mol. The van der Waals surface area contributed by atoms with Crippen LogP contribution >= 0.6 is 11.8 Å². The Morgan fingerprint density at radius 3 is 2.53 bits per heavy atom. The summed E-state index contributed by atoms with van der Waals surface area (Å²) in [6.45, 7) is 3.29. The molecule has 3 nitrogen and oxygen atoms in total. The fourth-order valence-electron chi connectivity index (χ4n) is 0.824. The Bertz CT molecular complexity index is 187. The SMILES string of the molecule is CCNCCC(=O)NCCSC(F)(F)F. The zero-order valence-electron chi connectivity index (χ0n) is 8.49. The van der Waals surface area contributed by atoms with Gasteiger partial charge >= 0.3 is 5.51 Å². The predicted molar refractivity (Wildman–Crippen MR) is 54.7 cm³/mol. The van der Waals surface area contributed by atoms with Gasteiger partial charge in [0.25, 0.3) is 0 Å². The molecule has 7 heteroatoms. The lowest BCUT2D eigenvalue weighted by Gasteiger charge is -2.07. The Morgan fingerprint density at radius 2 is 2.00 bits per heavy atom. The minimum atomic E-state index is -4.21. The summed E-state index contributed by atoms with van der Waals surface area (Å²) < 4.78 is 35.0. The van der Waals surface area contributed by atoms with Crippen molar-refractivity contribution < 1.29 is 18.0 Å². The van der Waals surface area contributed by atoms with Gasteiger partial charge in [0.05, 0.1) is 0 Å². The molecule has 0 spiro atoms. The van der Waals surface area contributed by atoms with Gasteiger partial charge < -0.3 is 10.6 Å². The number of carbonyl (C=O) groups is 1. The van der Waals surface area contributed by atoms with Gasteiger partial charge in [-0.05, 0) is 18.3 Å². The second-order valence-electron chi connectivity index (χ2n) is 2.75. The molecular formula is C8H15F3N2OS. The molecule has 0 aromatic carbocycles. The van der Waals surface area contributed by atoms with Crippen molar-refractivity contribution >= 4 is 17.7 Å². The third kappa shape index (κ3) is 11.5. The summed E-state index contributed by atoms with van der Waals surface area (Å²) in [6.07, 6.45) is 0.296. The van der Waals surface area contributed by atoms with E-state index < -0.39 is 5.51 Å². The van der Waals surface area contributed by atoms with E-state index in [0.717, 1.165) is 6.54 Å². The van der Waals surface area contributed by atoms with Crippen molar-refractivity contribution in [1.29, 1.82) is 0 Å². The summed E-state index contributed by atoms with van der Waals surface area (Å²) in [5, 5.41) is 5.36. The highest BCUT2D eigenvalue weighted by molar-refractivity contribution is 8.00. The van der Waals surface area contributed by atoms with Gasteiger partial charge in [-0.25, -0.2) is 0 Å². The molecule has 0 aromatic rings. The smallest absolute Gasteiger partial charge is 0.355 e. The fraction of sp³-hybridized carbons (Fsp3) is 0.875. The Kier molecular flexibility index (Phi) is 7.59. The van der Waals surface area contributed by atoms with Crippen LogP contribution in [0, 0.1) is 0 Å². The van der Waals surface area contributed by atoms with Gasteiger partial charge in [0.15, 0.2) is 0 Å². The lowest BCUT2D eigenvalue weighted by Crippen LogP contribution is -2.29. The number of thioether (sulfide) groups is 1. The molecule has 0 aliphatic carbocycles. The molecule has 2 N–H and O–H groups in total. The molecule has 0 aliphatic heterocycles. The number of nitrogens with one attached hydrogen (secondary N) is 2. The van der Waals surface area contributed by atoms with E-state index in [2.05, 4.69) is 10.6 Å². The monoisotopic (exact) mass is 244 g/mol. The first kappa shape index (κ1) is 14.6. The van der Waals surface area contributed by atoms with Crippen LogP contribution in [0.2, 0.25) is 0 Å². The van der Waals surface area contributed by atoms with E-state index in [9.17, 15) is 18.0 Å². The van der Waals surface area contributed by atoms with Gasteiger partial charge in [-0.2, -0.15) is 13.2 Å². The number of alkyl halides is 3. The van der Waals surface area contributed by atoms with Crippen molar-refractivity contribution in [3.63, 3.8) is 0 Å². The summed E-state index contributed by atoms with van der Waals surface area (Å²) in [5.41, 5.74) is -4.21. The maximum atomic E-state index is 11.7. The normalized spacial score (nSPS) is 11.5. The molecule has 0 rings (SSSR count). The molecule has 0 heterocycles. The van der Waals surface area contributed by atoms with E-state index >= 15 is 0 Å². The highest BCUT2D eigenvalue weighted by atomic mass is 32.2. The van der Waals surface area contributed by atoms with Crippen molar-refractivity contribution in [3.05, 3.63) is 0 Å². The number of carbonyl (C=O) groups excluding carboxylic acids is 1. The molecule has 0 aliphatic rings. The van der Waals surface area contributed by atoms with Gasteiger partial charge in [-0.3, -0.25) is 4.79 Å². The largest absolute Gasteiger partial charge is 0.441 e. The lowest BCUT2D eigenvalue weighted by atomic mass is 10.4. The number of halogens is 3. The molecule has 0 atom stereocenters. The number of amides is 1. The van der Waals surface area contributed by atoms with Crippen LogP contribution in [-0.2, 0) is 4.79 Å². The van der Waals surface area contributed by atoms with Crippen molar-refractivity contribution in [3.8, 4) is 0 Å². The van der Waals surface area contributed by atoms with Crippen LogP contribution in [0.5, 0.6) is 0 Å². The van der Waals surface area contributed by atoms with Crippen LogP contribution in [0.4, 0.5) is 13.2 Å². The Morgan fingerprint density at radius 1 is 1.33 bits per heavy atom. The summed E-state index contributed by atoms with van der Waals surface area (Å²) in [4.78, 5) is 11.0. The second kappa shape index (κ2) is 7.81. The minimum absolute atomic E-state index is 0.0507. The van der Waals surface area contributed by atoms with Crippen LogP contribution in [-0.4, -0.2) is 36.8 Å². The number of hydrogen-bond acceptors (Lipinski definition) is 3. The Balaban J connectivity index is 3.32. The Labute approximate surface area is 91.2 Å². The van der Waals surface area contributed by atoms with Gasteiger partial charge in [0.2, 0.25) is 5.91 Å². The average Bonchev–Trinajstić information content (AvgIpc) is 2.11. The first-order valence-electron chi connectivity index (χ1n) is 4.64. The molecule has 0 bridgehead atoms. The quantitative estimate of drug-likeness (QED) is 0.664. The maximum Gasteiger partial charge on any atom is 0.441 e. The molecule has 0 saturated heterocycles. The molecule has 0 aromatic heterocycles. The van der Waals surface area contributed by atoms with E-state index in [1.165, 1.54) is 0 Å². The molecule has 0 saturated carbocycles. The van der Waals surface area contributed by atoms with E-state index in [4.69, 9.17) is 0 Å². The fourth-order valence-corrected chi connectivity index (χ4v) is 1.26. The molecular weight excluding hydrogens is 229 g/mol. The molecule has 1 amide bonds. The van der Waals surface area contributed by atoms with Gasteiger partial charge in [-0.15, -0.1) is 0 Å². The van der Waals surface area contributed by atoms with Crippen LogP contribution < -0.4 is 10.6 Å². The lowest BCUT2D eigenvalue weighted by molar-refractivity contribution is -0.120. The van der Waals surface area contributed by atoms with Gasteiger partial charge in [0.1, 0.15) is 0 Å². The van der Waals surface area contributed by atoms with Gasteiger partial charge in [0, 0.05) is 25.3 Å². The van der Waals surface area contributed by atoms with E-state index in [1.807, 2.05) is 6.92 Å². The van der Waals surface area contributed by atoms with Crippen LogP contribution in [0.15, 0.2) is 0 Å². The first-order chi connectivity index (χ1) is 6.95. The number of hydrogen-bond donors (Lipinski definition) is 2. The van der Waals surface area contributed by atoms with Crippen LogP contribution in [0.1, 0.15) is 13.3 Å². The van der Waals surface area contributed by atoms with E-state index in [-0.39, 0.29) is 30.0 Å². The maximum absolute atomic E-state index is 11.7. The molecule has 0 unspecified atom stereocenters. The molecule has 0 fully saturated rings. The summed E-state index contributed by atoms with van der Waals surface area (Å²) in [5.74, 6) is -0.366. The van der Waals surface area contributed by atoms with E-state index in [1.54, 1.807) is 0 Å². The Hall–Kier alpha value is -0.430. The van der Waals surface area contributed by atoms with Crippen molar-refractivity contribution in [1.82, 2.24) is 10.6 Å². The zero-order chi connectivity index (χ0) is 11.7. The van der Waals surface area contributed by atoms with Crippen molar-refractivity contribution in [2.24, 2.45) is 0 Å². The summed E-state index contributed by atoms with van der Waals surface area (Å²) >= 11 is -0.126. The van der Waals surface area contributed by atoms with Crippen LogP contribution in [0.3, 0.4) is 0 Å². The van der Waals surface area contributed by atoms with Crippen molar-refractivity contribution in [2.75, 3.05) is 25.4 Å². The summed E-state index contributed by atoms with van der Waals surface area (Å²) in [7, 11) is 0. The molecule has 15 heavy (non-hydrogen) atoms. The summed E-state index contributed by atoms with van der Waals surface area (Å²) in [6, 6.07) is 0. The first-order valence-corrected chi connectivity index (χ1v) is 5.62.